The molecule has 14 heavy (non-hydrogen) atoms. The first-order chi connectivity index (χ1) is 6.81. The highest BCUT2D eigenvalue weighted by Crippen LogP contribution is 2.04. The molecule has 0 atom stereocenters. The number of carbonyl (C=O) groups excluding carboxylic acids is 1. The number of hydrogen-bond acceptors (Lipinski definition) is 2. The lowest BCUT2D eigenvalue weighted by molar-refractivity contribution is -0.140. The summed E-state index contributed by atoms with van der Waals surface area (Å²) in [5, 5.41) is 0. The predicted octanol–water partition coefficient (Wildman–Crippen LogP) is 3.47. The van der Waals surface area contributed by atoms with E-state index in [9.17, 15) is 4.79 Å². The van der Waals surface area contributed by atoms with Gasteiger partial charge in [-0.2, -0.15) is 0 Å². The zero-order valence-corrected chi connectivity index (χ0v) is 9.42. The minimum atomic E-state index is -0.0912. The number of rotatable bonds is 8. The molecule has 0 aliphatic heterocycles. The Morgan fingerprint density at radius 3 is 2.50 bits per heavy atom. The lowest BCUT2D eigenvalue weighted by atomic mass is 10.1. The predicted molar refractivity (Wildman–Crippen MR) is 59.1 cm³/mol. The van der Waals surface area contributed by atoms with E-state index in [1.54, 1.807) is 0 Å². The zero-order valence-electron chi connectivity index (χ0n) is 9.42. The van der Waals surface area contributed by atoms with Crippen LogP contribution < -0.4 is 0 Å². The molecule has 82 valence electrons. The molecule has 0 aromatic heterocycles. The number of unbranched alkanes of at least 4 members (excludes halogenated alkanes) is 4. The van der Waals surface area contributed by atoms with Gasteiger partial charge in [0.15, 0.2) is 0 Å². The van der Waals surface area contributed by atoms with Gasteiger partial charge >= 0.3 is 5.97 Å². The second kappa shape index (κ2) is 10.3. The van der Waals surface area contributed by atoms with Gasteiger partial charge in [0.2, 0.25) is 0 Å². The van der Waals surface area contributed by atoms with E-state index in [0.717, 1.165) is 19.3 Å². The summed E-state index contributed by atoms with van der Waals surface area (Å²) in [6, 6.07) is 0. The van der Waals surface area contributed by atoms with E-state index >= 15 is 0 Å². The molecule has 0 heterocycles. The van der Waals surface area contributed by atoms with Gasteiger partial charge in [-0.3, -0.25) is 4.79 Å². The van der Waals surface area contributed by atoms with Crippen LogP contribution in [0, 0.1) is 0 Å². The summed E-state index contributed by atoms with van der Waals surface area (Å²) in [5.74, 6) is -0.0912. The average molecular weight is 198 g/mol. The highest BCUT2D eigenvalue weighted by Gasteiger charge is 1.97. The van der Waals surface area contributed by atoms with Crippen LogP contribution >= 0.6 is 0 Å². The molecule has 0 N–H and O–H groups in total. The largest absolute Gasteiger partial charge is 0.469 e. The summed E-state index contributed by atoms with van der Waals surface area (Å²) in [6.07, 6.45) is 11.8. The van der Waals surface area contributed by atoms with Gasteiger partial charge in [0.25, 0.3) is 0 Å². The van der Waals surface area contributed by atoms with E-state index in [1.165, 1.54) is 26.4 Å². The molecule has 0 amide bonds. The maximum atomic E-state index is 10.7. The van der Waals surface area contributed by atoms with Crippen molar-refractivity contribution in [1.82, 2.24) is 0 Å². The number of carbonyl (C=O) groups is 1. The molecule has 0 bridgehead atoms. The lowest BCUT2D eigenvalue weighted by Gasteiger charge is -1.98. The Morgan fingerprint density at radius 1 is 1.14 bits per heavy atom. The summed E-state index contributed by atoms with van der Waals surface area (Å²) >= 11 is 0. The van der Waals surface area contributed by atoms with Crippen molar-refractivity contribution in [2.75, 3.05) is 7.11 Å². The number of allylic oxidation sites excluding steroid dienone is 2. The molecular weight excluding hydrogens is 176 g/mol. The van der Waals surface area contributed by atoms with Crippen LogP contribution in [0.25, 0.3) is 0 Å². The molecule has 0 fully saturated rings. The topological polar surface area (TPSA) is 26.3 Å². The minimum Gasteiger partial charge on any atom is -0.469 e. The van der Waals surface area contributed by atoms with Crippen molar-refractivity contribution in [1.29, 1.82) is 0 Å². The number of hydrogen-bond donors (Lipinski definition) is 0. The fourth-order valence-corrected chi connectivity index (χ4v) is 1.21. The molecule has 0 aliphatic carbocycles. The van der Waals surface area contributed by atoms with Crippen LogP contribution in [0.5, 0.6) is 0 Å². The zero-order chi connectivity index (χ0) is 10.6. The van der Waals surface area contributed by atoms with Crippen molar-refractivity contribution in [3.63, 3.8) is 0 Å². The Morgan fingerprint density at radius 2 is 1.86 bits per heavy atom. The van der Waals surface area contributed by atoms with Crippen LogP contribution in [-0.4, -0.2) is 13.1 Å². The summed E-state index contributed by atoms with van der Waals surface area (Å²) in [7, 11) is 1.44. The third-order valence-corrected chi connectivity index (χ3v) is 2.10. The Labute approximate surface area is 87.3 Å². The summed E-state index contributed by atoms with van der Waals surface area (Å²) in [6.45, 7) is 2.18. The van der Waals surface area contributed by atoms with Crippen molar-refractivity contribution in [2.45, 2.75) is 51.9 Å². The molecule has 0 spiro atoms. The molecule has 0 radical (unpaired) electrons. The standard InChI is InChI=1S/C12H22O2/c1-3-4-5-6-7-8-9-10-11-12(13)14-2/h5-6H,3-4,7-11H2,1-2H3/b6-5+. The van der Waals surface area contributed by atoms with E-state index < -0.39 is 0 Å². The van der Waals surface area contributed by atoms with Crippen LogP contribution in [-0.2, 0) is 9.53 Å². The third kappa shape index (κ3) is 9.30. The molecule has 2 heteroatoms. The quantitative estimate of drug-likeness (QED) is 0.339. The molecule has 0 aliphatic rings. The van der Waals surface area contributed by atoms with Gasteiger partial charge in [-0.25, -0.2) is 0 Å². The molecule has 0 saturated heterocycles. The van der Waals surface area contributed by atoms with Gasteiger partial charge in [0, 0.05) is 6.42 Å². The molecule has 0 aromatic rings. The van der Waals surface area contributed by atoms with Gasteiger partial charge in [0.05, 0.1) is 7.11 Å². The highest BCUT2D eigenvalue weighted by molar-refractivity contribution is 5.68. The smallest absolute Gasteiger partial charge is 0.305 e. The first-order valence-electron chi connectivity index (χ1n) is 5.53. The van der Waals surface area contributed by atoms with Crippen LogP contribution in [0.1, 0.15) is 51.9 Å². The van der Waals surface area contributed by atoms with E-state index in [0.29, 0.717) is 6.42 Å². The van der Waals surface area contributed by atoms with Crippen LogP contribution in [0.3, 0.4) is 0 Å². The van der Waals surface area contributed by atoms with E-state index in [-0.39, 0.29) is 5.97 Å². The highest BCUT2D eigenvalue weighted by atomic mass is 16.5. The van der Waals surface area contributed by atoms with Crippen molar-refractivity contribution in [3.8, 4) is 0 Å². The Bertz CT molecular complexity index is 162. The Kier molecular flexibility index (Phi) is 9.71. The normalized spacial score (nSPS) is 10.7. The molecule has 2 nitrogen and oxygen atoms in total. The van der Waals surface area contributed by atoms with E-state index in [2.05, 4.69) is 23.8 Å². The summed E-state index contributed by atoms with van der Waals surface area (Å²) < 4.78 is 4.56. The van der Waals surface area contributed by atoms with Gasteiger partial charge in [-0.1, -0.05) is 31.9 Å². The SMILES string of the molecule is CCC/C=C/CCCCCC(=O)OC. The maximum Gasteiger partial charge on any atom is 0.305 e. The van der Waals surface area contributed by atoms with Gasteiger partial charge < -0.3 is 4.74 Å². The first-order valence-corrected chi connectivity index (χ1v) is 5.53. The summed E-state index contributed by atoms with van der Waals surface area (Å²) in [4.78, 5) is 10.7. The Balaban J connectivity index is 3.10. The average Bonchev–Trinajstić information content (AvgIpc) is 2.21. The monoisotopic (exact) mass is 198 g/mol. The minimum absolute atomic E-state index is 0.0912. The fraction of sp³-hybridized carbons (Fsp3) is 0.750. The first kappa shape index (κ1) is 13.2. The van der Waals surface area contributed by atoms with Crippen molar-refractivity contribution in [3.05, 3.63) is 12.2 Å². The second-order valence-corrected chi connectivity index (χ2v) is 3.44. The van der Waals surface area contributed by atoms with Crippen molar-refractivity contribution < 1.29 is 9.53 Å². The van der Waals surface area contributed by atoms with Gasteiger partial charge in [0.1, 0.15) is 0 Å². The molecule has 0 unspecified atom stereocenters. The van der Waals surface area contributed by atoms with Gasteiger partial charge in [-0.05, 0) is 25.7 Å². The van der Waals surface area contributed by atoms with Crippen LogP contribution in [0.15, 0.2) is 12.2 Å². The lowest BCUT2D eigenvalue weighted by Crippen LogP contribution is -1.98. The summed E-state index contributed by atoms with van der Waals surface area (Å²) in [5.41, 5.74) is 0. The van der Waals surface area contributed by atoms with Crippen molar-refractivity contribution in [2.24, 2.45) is 0 Å². The second-order valence-electron chi connectivity index (χ2n) is 3.44. The number of methoxy groups -OCH3 is 1. The number of ether oxygens (including phenoxy) is 1. The molecule has 0 rings (SSSR count). The van der Waals surface area contributed by atoms with Crippen LogP contribution in [0.4, 0.5) is 0 Å². The Hall–Kier alpha value is -0.790. The van der Waals surface area contributed by atoms with E-state index in [4.69, 9.17) is 0 Å². The van der Waals surface area contributed by atoms with Gasteiger partial charge in [-0.15, -0.1) is 0 Å². The van der Waals surface area contributed by atoms with Crippen LogP contribution in [0.2, 0.25) is 0 Å². The molecule has 0 aromatic carbocycles. The van der Waals surface area contributed by atoms with Crippen molar-refractivity contribution >= 4 is 5.97 Å². The molecule has 0 saturated carbocycles. The van der Waals surface area contributed by atoms with E-state index in [1.807, 2.05) is 0 Å². The number of esters is 1. The molecular formula is C12H22O2. The fourth-order valence-electron chi connectivity index (χ4n) is 1.21. The third-order valence-electron chi connectivity index (χ3n) is 2.10. The maximum absolute atomic E-state index is 10.7.